The van der Waals surface area contributed by atoms with Crippen LogP contribution in [0.15, 0.2) is 41.2 Å². The molecule has 0 aliphatic rings. The van der Waals surface area contributed by atoms with Crippen LogP contribution in [-0.2, 0) is 13.0 Å². The number of aromatic nitrogens is 4. The molecule has 130 valence electrons. The van der Waals surface area contributed by atoms with Crippen molar-refractivity contribution in [3.63, 3.8) is 0 Å². The largest absolute Gasteiger partial charge is 0.441 e. The Morgan fingerprint density at radius 1 is 1.36 bits per heavy atom. The number of carbonyl (C=O) groups excluding carboxylic acids is 1. The first-order chi connectivity index (χ1) is 12.2. The molecule has 0 spiro atoms. The molecule has 2 heterocycles. The van der Waals surface area contributed by atoms with Gasteiger partial charge in [0.2, 0.25) is 5.89 Å². The third-order valence-electron chi connectivity index (χ3n) is 3.64. The zero-order valence-electron chi connectivity index (χ0n) is 14.2. The molecule has 3 rings (SSSR count). The normalized spacial score (nSPS) is 10.6. The molecule has 8 heteroatoms. The highest BCUT2D eigenvalue weighted by molar-refractivity contribution is 5.89. The number of urea groups is 1. The van der Waals surface area contributed by atoms with E-state index in [4.69, 9.17) is 4.42 Å². The van der Waals surface area contributed by atoms with Gasteiger partial charge in [0.05, 0.1) is 6.20 Å². The molecule has 8 nitrogen and oxygen atoms in total. The maximum atomic E-state index is 12.0. The molecule has 0 unspecified atom stereocenters. The van der Waals surface area contributed by atoms with Gasteiger partial charge in [0.1, 0.15) is 17.9 Å². The SMILES string of the molecule is CCc1nncn1CCNC(=O)Nc1cccc(-c2ncc(C)o2)c1. The van der Waals surface area contributed by atoms with Crippen molar-refractivity contribution in [1.29, 1.82) is 0 Å². The molecule has 0 saturated carbocycles. The second-order valence-corrected chi connectivity index (χ2v) is 5.53. The van der Waals surface area contributed by atoms with E-state index in [0.717, 1.165) is 23.6 Å². The Hall–Kier alpha value is -3.16. The van der Waals surface area contributed by atoms with Gasteiger partial charge in [0, 0.05) is 30.8 Å². The van der Waals surface area contributed by atoms with Crippen molar-refractivity contribution in [1.82, 2.24) is 25.1 Å². The van der Waals surface area contributed by atoms with Crippen molar-refractivity contribution in [3.8, 4) is 11.5 Å². The molecule has 0 radical (unpaired) electrons. The second-order valence-electron chi connectivity index (χ2n) is 5.53. The van der Waals surface area contributed by atoms with Crippen molar-refractivity contribution in [2.24, 2.45) is 0 Å². The van der Waals surface area contributed by atoms with E-state index in [1.165, 1.54) is 0 Å². The van der Waals surface area contributed by atoms with Crippen LogP contribution in [0.25, 0.3) is 11.5 Å². The van der Waals surface area contributed by atoms with Crippen molar-refractivity contribution < 1.29 is 9.21 Å². The van der Waals surface area contributed by atoms with Crippen molar-refractivity contribution in [2.45, 2.75) is 26.8 Å². The standard InChI is InChI=1S/C17H20N6O2/c1-3-15-22-20-11-23(15)8-7-18-17(24)21-14-6-4-5-13(9-14)16-19-10-12(2)25-16/h4-6,9-11H,3,7-8H2,1-2H3,(H2,18,21,24). The van der Waals surface area contributed by atoms with E-state index < -0.39 is 0 Å². The van der Waals surface area contributed by atoms with Crippen molar-refractivity contribution >= 4 is 11.7 Å². The van der Waals surface area contributed by atoms with Crippen LogP contribution in [-0.4, -0.2) is 32.3 Å². The lowest BCUT2D eigenvalue weighted by Gasteiger charge is -2.09. The predicted octanol–water partition coefficient (Wildman–Crippen LogP) is 2.63. The summed E-state index contributed by atoms with van der Waals surface area (Å²) in [7, 11) is 0. The molecule has 1 aromatic carbocycles. The zero-order chi connectivity index (χ0) is 17.6. The summed E-state index contributed by atoms with van der Waals surface area (Å²) in [6.07, 6.45) is 4.14. The van der Waals surface area contributed by atoms with Crippen molar-refractivity contribution in [3.05, 3.63) is 48.4 Å². The number of oxazole rings is 1. The van der Waals surface area contributed by atoms with Crippen LogP contribution in [0.5, 0.6) is 0 Å². The van der Waals surface area contributed by atoms with Crippen LogP contribution in [0.4, 0.5) is 10.5 Å². The summed E-state index contributed by atoms with van der Waals surface area (Å²) in [6.45, 7) is 4.96. The monoisotopic (exact) mass is 340 g/mol. The second kappa shape index (κ2) is 7.61. The molecule has 0 aliphatic carbocycles. The van der Waals surface area contributed by atoms with Gasteiger partial charge in [0.25, 0.3) is 0 Å². The summed E-state index contributed by atoms with van der Waals surface area (Å²) in [5.41, 5.74) is 1.48. The minimum absolute atomic E-state index is 0.271. The lowest BCUT2D eigenvalue weighted by Crippen LogP contribution is -2.31. The lowest BCUT2D eigenvalue weighted by atomic mass is 10.2. The van der Waals surface area contributed by atoms with Gasteiger partial charge < -0.3 is 19.6 Å². The Morgan fingerprint density at radius 2 is 2.24 bits per heavy atom. The van der Waals surface area contributed by atoms with Crippen molar-refractivity contribution in [2.75, 3.05) is 11.9 Å². The summed E-state index contributed by atoms with van der Waals surface area (Å²) in [5.74, 6) is 2.17. The average molecular weight is 340 g/mol. The predicted molar refractivity (Wildman–Crippen MR) is 93.1 cm³/mol. The van der Waals surface area contributed by atoms with Gasteiger partial charge >= 0.3 is 6.03 Å². The van der Waals surface area contributed by atoms with Gasteiger partial charge in [-0.2, -0.15) is 0 Å². The van der Waals surface area contributed by atoms with E-state index in [2.05, 4.69) is 25.8 Å². The summed E-state index contributed by atoms with van der Waals surface area (Å²) < 4.78 is 7.43. The first kappa shape index (κ1) is 16.7. The lowest BCUT2D eigenvalue weighted by molar-refractivity contribution is 0.251. The average Bonchev–Trinajstić information content (AvgIpc) is 3.23. The molecule has 25 heavy (non-hydrogen) atoms. The molecule has 0 bridgehead atoms. The molecule has 0 saturated heterocycles. The first-order valence-corrected chi connectivity index (χ1v) is 8.10. The number of nitrogens with zero attached hydrogens (tertiary/aromatic N) is 4. The molecule has 3 aromatic rings. The van der Waals surface area contributed by atoms with E-state index >= 15 is 0 Å². The van der Waals surface area contributed by atoms with Crippen LogP contribution in [0.2, 0.25) is 0 Å². The quantitative estimate of drug-likeness (QED) is 0.719. The number of benzene rings is 1. The molecule has 2 N–H and O–H groups in total. The highest BCUT2D eigenvalue weighted by Gasteiger charge is 2.07. The molecule has 0 aliphatic heterocycles. The maximum Gasteiger partial charge on any atom is 0.319 e. The Bertz CT molecular complexity index is 854. The molecular formula is C17H20N6O2. The van der Waals surface area contributed by atoms with Gasteiger partial charge in [-0.3, -0.25) is 0 Å². The van der Waals surface area contributed by atoms with Gasteiger partial charge in [-0.1, -0.05) is 13.0 Å². The van der Waals surface area contributed by atoms with Crippen LogP contribution >= 0.6 is 0 Å². The van der Waals surface area contributed by atoms with Gasteiger partial charge in [-0.15, -0.1) is 10.2 Å². The number of hydrogen-bond donors (Lipinski definition) is 2. The van der Waals surface area contributed by atoms with E-state index in [9.17, 15) is 4.79 Å². The first-order valence-electron chi connectivity index (χ1n) is 8.10. The molecule has 2 amide bonds. The van der Waals surface area contributed by atoms with Crippen LogP contribution in [0.3, 0.4) is 0 Å². The molecule has 0 fully saturated rings. The van der Waals surface area contributed by atoms with Gasteiger partial charge in [-0.25, -0.2) is 9.78 Å². The zero-order valence-corrected chi connectivity index (χ0v) is 14.2. The third-order valence-corrected chi connectivity index (χ3v) is 3.64. The topological polar surface area (TPSA) is 97.9 Å². The number of aryl methyl sites for hydroxylation is 2. The Kier molecular flexibility index (Phi) is 5.08. The number of anilines is 1. The fourth-order valence-electron chi connectivity index (χ4n) is 2.42. The van der Waals surface area contributed by atoms with Crippen LogP contribution < -0.4 is 10.6 Å². The number of carbonyl (C=O) groups is 1. The van der Waals surface area contributed by atoms with E-state index in [0.29, 0.717) is 24.7 Å². The van der Waals surface area contributed by atoms with Crippen LogP contribution in [0.1, 0.15) is 18.5 Å². The van der Waals surface area contributed by atoms with E-state index in [-0.39, 0.29) is 6.03 Å². The summed E-state index contributed by atoms with van der Waals surface area (Å²) >= 11 is 0. The Labute approximate surface area is 145 Å². The Morgan fingerprint density at radius 3 is 3.00 bits per heavy atom. The maximum absolute atomic E-state index is 12.0. The molecule has 0 atom stereocenters. The minimum Gasteiger partial charge on any atom is -0.441 e. The fraction of sp³-hybridized carbons (Fsp3) is 0.294. The number of nitrogens with one attached hydrogen (secondary N) is 2. The molecular weight excluding hydrogens is 320 g/mol. The van der Waals surface area contributed by atoms with Gasteiger partial charge in [-0.05, 0) is 25.1 Å². The minimum atomic E-state index is -0.271. The van der Waals surface area contributed by atoms with E-state index in [1.807, 2.05) is 42.7 Å². The van der Waals surface area contributed by atoms with Gasteiger partial charge in [0.15, 0.2) is 0 Å². The number of hydrogen-bond acceptors (Lipinski definition) is 5. The highest BCUT2D eigenvalue weighted by atomic mass is 16.4. The molecule has 2 aromatic heterocycles. The van der Waals surface area contributed by atoms with Crippen LogP contribution in [0, 0.1) is 6.92 Å². The number of rotatable bonds is 6. The summed E-state index contributed by atoms with van der Waals surface area (Å²) in [6, 6.07) is 7.09. The third kappa shape index (κ3) is 4.23. The highest BCUT2D eigenvalue weighted by Crippen LogP contribution is 2.22. The van der Waals surface area contributed by atoms with E-state index in [1.54, 1.807) is 12.5 Å². The smallest absolute Gasteiger partial charge is 0.319 e. The Balaban J connectivity index is 1.54. The summed E-state index contributed by atoms with van der Waals surface area (Å²) in [4.78, 5) is 16.2. The number of amides is 2. The summed E-state index contributed by atoms with van der Waals surface area (Å²) in [5, 5.41) is 13.5. The fourth-order valence-corrected chi connectivity index (χ4v) is 2.42.